The lowest BCUT2D eigenvalue weighted by Gasteiger charge is -2.06. The molecule has 0 bridgehead atoms. The molecule has 0 aliphatic carbocycles. The Morgan fingerprint density at radius 3 is 2.71 bits per heavy atom. The van der Waals surface area contributed by atoms with Gasteiger partial charge in [-0.3, -0.25) is 4.79 Å². The van der Waals surface area contributed by atoms with Crippen molar-refractivity contribution in [1.29, 1.82) is 0 Å². The van der Waals surface area contributed by atoms with E-state index in [1.165, 1.54) is 18.2 Å². The van der Waals surface area contributed by atoms with Crippen molar-refractivity contribution in [2.24, 2.45) is 0 Å². The monoisotopic (exact) mass is 261 g/mol. The molecule has 2 N–H and O–H groups in total. The van der Waals surface area contributed by atoms with Gasteiger partial charge in [-0.25, -0.2) is 12.8 Å². The fourth-order valence-corrected chi connectivity index (χ4v) is 2.51. The molecular weight excluding hydrogens is 249 g/mol. The third kappa shape index (κ3) is 3.70. The molecule has 0 saturated carbocycles. The van der Waals surface area contributed by atoms with Gasteiger partial charge < -0.3 is 10.5 Å². The van der Waals surface area contributed by atoms with E-state index in [1.807, 2.05) is 0 Å². The number of methoxy groups -OCH3 is 1. The number of nitrogens with two attached hydrogens (primary N) is 1. The standard InChI is InChI=1S/C10H12FNO4S/c1-16-9(13)6-17(14,15)5-7-3-2-4-8(12)10(7)11/h2-4H,5-6,12H2,1H3. The van der Waals surface area contributed by atoms with Crippen LogP contribution in [-0.2, 0) is 25.1 Å². The summed E-state index contributed by atoms with van der Waals surface area (Å²) in [6.07, 6.45) is 0. The molecule has 0 aliphatic heterocycles. The zero-order valence-corrected chi connectivity index (χ0v) is 9.96. The van der Waals surface area contributed by atoms with Gasteiger partial charge in [-0.15, -0.1) is 0 Å². The average molecular weight is 261 g/mol. The van der Waals surface area contributed by atoms with Gasteiger partial charge in [0.05, 0.1) is 18.6 Å². The lowest BCUT2D eigenvalue weighted by molar-refractivity contribution is -0.137. The summed E-state index contributed by atoms with van der Waals surface area (Å²) in [5, 5.41) is 0. The maximum Gasteiger partial charge on any atom is 0.320 e. The Kier molecular flexibility index (Phi) is 4.06. The average Bonchev–Trinajstić information content (AvgIpc) is 2.23. The molecule has 0 heterocycles. The van der Waals surface area contributed by atoms with Gasteiger partial charge in [-0.1, -0.05) is 12.1 Å². The number of esters is 1. The number of carbonyl (C=O) groups is 1. The van der Waals surface area contributed by atoms with E-state index < -0.39 is 33.1 Å². The Balaban J connectivity index is 2.91. The van der Waals surface area contributed by atoms with Crippen molar-refractivity contribution in [3.63, 3.8) is 0 Å². The molecule has 0 aliphatic rings. The number of hydrogen-bond acceptors (Lipinski definition) is 5. The molecule has 0 saturated heterocycles. The Morgan fingerprint density at radius 2 is 2.12 bits per heavy atom. The summed E-state index contributed by atoms with van der Waals surface area (Å²) in [4.78, 5) is 10.8. The molecule has 1 aromatic rings. The molecule has 0 unspecified atom stereocenters. The van der Waals surface area contributed by atoms with Crippen LogP contribution in [0.2, 0.25) is 0 Å². The minimum absolute atomic E-state index is 0.0612. The van der Waals surface area contributed by atoms with Gasteiger partial charge in [0.2, 0.25) is 0 Å². The first kappa shape index (κ1) is 13.4. The largest absolute Gasteiger partial charge is 0.468 e. The Bertz CT molecular complexity index is 527. The fourth-order valence-electron chi connectivity index (χ4n) is 1.24. The number of sulfone groups is 1. The van der Waals surface area contributed by atoms with E-state index in [4.69, 9.17) is 5.73 Å². The van der Waals surface area contributed by atoms with Gasteiger partial charge in [-0.05, 0) is 6.07 Å². The second-order valence-corrected chi connectivity index (χ2v) is 5.49. The highest BCUT2D eigenvalue weighted by molar-refractivity contribution is 7.91. The highest BCUT2D eigenvalue weighted by Crippen LogP contribution is 2.17. The summed E-state index contributed by atoms with van der Waals surface area (Å²) in [5.41, 5.74) is 5.12. The van der Waals surface area contributed by atoms with Crippen LogP contribution in [0.15, 0.2) is 18.2 Å². The first-order chi connectivity index (χ1) is 7.85. The van der Waals surface area contributed by atoms with Gasteiger partial charge in [-0.2, -0.15) is 0 Å². The van der Waals surface area contributed by atoms with Gasteiger partial charge in [0, 0.05) is 5.56 Å². The van der Waals surface area contributed by atoms with Crippen molar-refractivity contribution >= 4 is 21.5 Å². The summed E-state index contributed by atoms with van der Waals surface area (Å²) in [6.45, 7) is 0. The molecule has 0 radical (unpaired) electrons. The van der Waals surface area contributed by atoms with Crippen molar-refractivity contribution in [2.75, 3.05) is 18.6 Å². The van der Waals surface area contributed by atoms with Crippen molar-refractivity contribution in [3.8, 4) is 0 Å². The van der Waals surface area contributed by atoms with Crippen molar-refractivity contribution in [1.82, 2.24) is 0 Å². The smallest absolute Gasteiger partial charge is 0.320 e. The van der Waals surface area contributed by atoms with Crippen LogP contribution in [0.25, 0.3) is 0 Å². The second-order valence-electron chi connectivity index (χ2n) is 3.43. The minimum Gasteiger partial charge on any atom is -0.468 e. The number of anilines is 1. The number of benzene rings is 1. The highest BCUT2D eigenvalue weighted by atomic mass is 32.2. The van der Waals surface area contributed by atoms with Crippen LogP contribution in [0.1, 0.15) is 5.56 Å². The molecule has 1 aromatic carbocycles. The topological polar surface area (TPSA) is 86.5 Å². The van der Waals surface area contributed by atoms with Crippen molar-refractivity contribution < 1.29 is 22.3 Å². The number of nitrogen functional groups attached to an aromatic ring is 1. The van der Waals surface area contributed by atoms with Gasteiger partial charge >= 0.3 is 5.97 Å². The lowest BCUT2D eigenvalue weighted by Crippen LogP contribution is -2.19. The third-order valence-corrected chi connectivity index (χ3v) is 3.48. The van der Waals surface area contributed by atoms with E-state index in [0.29, 0.717) is 0 Å². The van der Waals surface area contributed by atoms with Crippen LogP contribution in [-0.4, -0.2) is 27.2 Å². The van der Waals surface area contributed by atoms with Crippen LogP contribution >= 0.6 is 0 Å². The summed E-state index contributed by atoms with van der Waals surface area (Å²) in [5.74, 6) is -3.02. The normalized spacial score (nSPS) is 11.2. The van der Waals surface area contributed by atoms with E-state index in [1.54, 1.807) is 0 Å². The maximum absolute atomic E-state index is 13.4. The molecule has 94 valence electrons. The molecule has 5 nitrogen and oxygen atoms in total. The Morgan fingerprint density at radius 1 is 1.47 bits per heavy atom. The van der Waals surface area contributed by atoms with Crippen LogP contribution in [0.4, 0.5) is 10.1 Å². The molecule has 1 rings (SSSR count). The van der Waals surface area contributed by atoms with Crippen molar-refractivity contribution in [3.05, 3.63) is 29.6 Å². The van der Waals surface area contributed by atoms with E-state index in [2.05, 4.69) is 4.74 Å². The van der Waals surface area contributed by atoms with E-state index >= 15 is 0 Å². The maximum atomic E-state index is 13.4. The van der Waals surface area contributed by atoms with Crippen LogP contribution in [0.5, 0.6) is 0 Å². The number of hydrogen-bond donors (Lipinski definition) is 1. The van der Waals surface area contributed by atoms with Gasteiger partial charge in [0.25, 0.3) is 0 Å². The summed E-state index contributed by atoms with van der Waals surface area (Å²) in [7, 11) is -2.67. The van der Waals surface area contributed by atoms with Crippen molar-refractivity contribution in [2.45, 2.75) is 5.75 Å². The van der Waals surface area contributed by atoms with E-state index in [9.17, 15) is 17.6 Å². The summed E-state index contributed by atoms with van der Waals surface area (Å²) in [6, 6.07) is 4.08. The molecule has 0 fully saturated rings. The molecule has 0 aromatic heterocycles. The minimum atomic E-state index is -3.76. The Hall–Kier alpha value is -1.63. The molecule has 7 heteroatoms. The predicted octanol–water partition coefficient (Wildman–Crippen LogP) is 0.496. The van der Waals surface area contributed by atoms with Crippen LogP contribution < -0.4 is 5.73 Å². The van der Waals surface area contributed by atoms with E-state index in [-0.39, 0.29) is 11.3 Å². The molecule has 0 atom stereocenters. The first-order valence-corrected chi connectivity index (χ1v) is 6.48. The number of ether oxygens (including phenoxy) is 1. The summed E-state index contributed by atoms with van der Waals surface area (Å²) < 4.78 is 40.7. The predicted molar refractivity (Wildman–Crippen MR) is 60.3 cm³/mol. The lowest BCUT2D eigenvalue weighted by atomic mass is 10.2. The molecule has 17 heavy (non-hydrogen) atoms. The van der Waals surface area contributed by atoms with Crippen LogP contribution in [0, 0.1) is 5.82 Å². The highest BCUT2D eigenvalue weighted by Gasteiger charge is 2.20. The second kappa shape index (κ2) is 5.13. The SMILES string of the molecule is COC(=O)CS(=O)(=O)Cc1cccc(N)c1F. The zero-order valence-electron chi connectivity index (χ0n) is 9.14. The first-order valence-electron chi connectivity index (χ1n) is 4.66. The molecule has 0 spiro atoms. The quantitative estimate of drug-likeness (QED) is 0.630. The van der Waals surface area contributed by atoms with Crippen LogP contribution in [0.3, 0.4) is 0 Å². The van der Waals surface area contributed by atoms with Gasteiger partial charge in [0.15, 0.2) is 9.84 Å². The fraction of sp³-hybridized carbons (Fsp3) is 0.300. The zero-order chi connectivity index (χ0) is 13.1. The third-order valence-electron chi connectivity index (χ3n) is 2.05. The number of carbonyl (C=O) groups excluding carboxylic acids is 1. The number of rotatable bonds is 4. The molecular formula is C10H12FNO4S. The van der Waals surface area contributed by atoms with Gasteiger partial charge in [0.1, 0.15) is 11.6 Å². The Labute approximate surface area is 98.3 Å². The summed E-state index contributed by atoms with van der Waals surface area (Å²) >= 11 is 0. The molecule has 0 amide bonds. The number of halogens is 1. The van der Waals surface area contributed by atoms with E-state index in [0.717, 1.165) is 7.11 Å².